The van der Waals surface area contributed by atoms with E-state index in [9.17, 15) is 4.79 Å². The molecule has 1 atom stereocenters. The molecule has 0 saturated heterocycles. The first-order valence-electron chi connectivity index (χ1n) is 11.8. The molecule has 178 valence electrons. The van der Waals surface area contributed by atoms with Crippen LogP contribution in [0.1, 0.15) is 68.4 Å². The highest BCUT2D eigenvalue weighted by molar-refractivity contribution is 5.96. The molecule has 3 rings (SSSR count). The molecule has 1 unspecified atom stereocenters. The van der Waals surface area contributed by atoms with E-state index in [0.717, 1.165) is 47.5 Å². The smallest absolute Gasteiger partial charge is 0.160 e. The van der Waals surface area contributed by atoms with Crippen LogP contribution in [-0.4, -0.2) is 12.4 Å². The van der Waals surface area contributed by atoms with Crippen LogP contribution in [0, 0.1) is 12.8 Å². The van der Waals surface area contributed by atoms with Crippen molar-refractivity contribution in [3.05, 3.63) is 96.1 Å². The summed E-state index contributed by atoms with van der Waals surface area (Å²) >= 11 is 0. The highest BCUT2D eigenvalue weighted by atomic mass is 16.5. The van der Waals surface area contributed by atoms with E-state index >= 15 is 0 Å². The minimum absolute atomic E-state index is 0.0664. The highest BCUT2D eigenvalue weighted by Crippen LogP contribution is 2.24. The number of Topliss-reactive ketones (excluding diaryl/α,β-unsaturated/α-hetero) is 1. The summed E-state index contributed by atoms with van der Waals surface area (Å²) < 4.78 is 11.9. The molecular weight excluding hydrogens is 408 g/mol. The molecule has 0 aromatic heterocycles. The van der Waals surface area contributed by atoms with Crippen LogP contribution in [0.2, 0.25) is 0 Å². The van der Waals surface area contributed by atoms with Crippen LogP contribution in [0.3, 0.4) is 0 Å². The van der Waals surface area contributed by atoms with Crippen LogP contribution in [0.4, 0.5) is 0 Å². The second-order valence-corrected chi connectivity index (χ2v) is 7.77. The van der Waals surface area contributed by atoms with Gasteiger partial charge in [-0.3, -0.25) is 4.79 Å². The van der Waals surface area contributed by atoms with Crippen molar-refractivity contribution in [2.45, 2.75) is 60.5 Å². The first kappa shape index (κ1) is 28.0. The van der Waals surface area contributed by atoms with E-state index in [1.54, 1.807) is 6.92 Å². The van der Waals surface area contributed by atoms with E-state index in [-0.39, 0.29) is 5.78 Å². The van der Waals surface area contributed by atoms with Gasteiger partial charge < -0.3 is 9.47 Å². The first-order valence-corrected chi connectivity index (χ1v) is 11.8. The van der Waals surface area contributed by atoms with Gasteiger partial charge in [-0.2, -0.15) is 0 Å². The van der Waals surface area contributed by atoms with Gasteiger partial charge in [0.25, 0.3) is 0 Å². The minimum atomic E-state index is 0.0664. The normalized spacial score (nSPS) is 14.1. The Morgan fingerprint density at radius 3 is 2.39 bits per heavy atom. The number of aryl methyl sites for hydroxylation is 1. The molecule has 0 heterocycles. The van der Waals surface area contributed by atoms with Crippen molar-refractivity contribution in [1.82, 2.24) is 0 Å². The largest absolute Gasteiger partial charge is 0.493 e. The fourth-order valence-electron chi connectivity index (χ4n) is 3.77. The summed E-state index contributed by atoms with van der Waals surface area (Å²) in [6, 6.07) is 13.6. The van der Waals surface area contributed by atoms with E-state index in [4.69, 9.17) is 9.47 Å². The van der Waals surface area contributed by atoms with Crippen molar-refractivity contribution in [2.24, 2.45) is 5.92 Å². The number of benzene rings is 2. The van der Waals surface area contributed by atoms with Crippen molar-refractivity contribution in [2.75, 3.05) is 6.61 Å². The Morgan fingerprint density at radius 1 is 1.06 bits per heavy atom. The molecule has 0 N–H and O–H groups in total. The summed E-state index contributed by atoms with van der Waals surface area (Å²) in [7, 11) is 0. The summed E-state index contributed by atoms with van der Waals surface area (Å²) in [5.74, 6) is 2.26. The molecule has 0 spiro atoms. The zero-order valence-electron chi connectivity index (χ0n) is 21.0. The number of ether oxygens (including phenoxy) is 2. The lowest BCUT2D eigenvalue weighted by molar-refractivity contribution is 0.101. The Bertz CT molecular complexity index is 924. The molecule has 2 aromatic carbocycles. The average Bonchev–Trinajstić information content (AvgIpc) is 2.83. The number of allylic oxidation sites excluding steroid dienone is 4. The van der Waals surface area contributed by atoms with Gasteiger partial charge in [0.15, 0.2) is 5.78 Å². The maximum Gasteiger partial charge on any atom is 0.160 e. The topological polar surface area (TPSA) is 35.5 Å². The van der Waals surface area contributed by atoms with Gasteiger partial charge in [0.1, 0.15) is 18.1 Å². The highest BCUT2D eigenvalue weighted by Gasteiger charge is 2.11. The van der Waals surface area contributed by atoms with Gasteiger partial charge in [-0.15, -0.1) is 13.2 Å². The molecule has 1 aliphatic rings. The molecule has 0 fully saturated rings. The third kappa shape index (κ3) is 9.53. The summed E-state index contributed by atoms with van der Waals surface area (Å²) in [5, 5.41) is 0. The van der Waals surface area contributed by atoms with Gasteiger partial charge in [-0.25, -0.2) is 0 Å². The second-order valence-electron chi connectivity index (χ2n) is 7.77. The van der Waals surface area contributed by atoms with Gasteiger partial charge in [0, 0.05) is 17.2 Å². The molecule has 0 aliphatic heterocycles. The van der Waals surface area contributed by atoms with Crippen LogP contribution in [0.5, 0.6) is 11.5 Å². The van der Waals surface area contributed by atoms with Crippen molar-refractivity contribution in [3.8, 4) is 11.5 Å². The summed E-state index contributed by atoms with van der Waals surface area (Å²) in [6.45, 7) is 16.8. The van der Waals surface area contributed by atoms with Gasteiger partial charge in [-0.05, 0) is 56.7 Å². The standard InChI is InChI=1S/C26H30O3.C2H6.C2H4/c1-19-8-4-10-22(16-19)11-7-15-28-24-13-6-14-25(17-24)29-18-23-12-5-9-20(2)26(23)21(3)27;2*1-2/h4-6,8-10,12-14,17,19H,7,11,15-16,18H2,1-3H3;1-2H3;1-2H2. The fraction of sp³-hybridized carbons (Fsp3) is 0.367. The van der Waals surface area contributed by atoms with Crippen LogP contribution < -0.4 is 9.47 Å². The molecule has 0 saturated carbocycles. The monoisotopic (exact) mass is 448 g/mol. The Morgan fingerprint density at radius 2 is 1.73 bits per heavy atom. The Hall–Kier alpha value is -3.07. The number of carbonyl (C=O) groups excluding carboxylic acids is 1. The van der Waals surface area contributed by atoms with Crippen LogP contribution in [0.15, 0.2) is 79.4 Å². The lowest BCUT2D eigenvalue weighted by atomic mass is 9.93. The Labute approximate surface area is 200 Å². The molecule has 0 amide bonds. The molecule has 3 nitrogen and oxygen atoms in total. The van der Waals surface area contributed by atoms with Crippen molar-refractivity contribution in [1.29, 1.82) is 0 Å². The Balaban J connectivity index is 0.00000129. The maximum absolute atomic E-state index is 11.9. The number of hydrogen-bond donors (Lipinski definition) is 0. The van der Waals surface area contributed by atoms with E-state index in [1.165, 1.54) is 5.57 Å². The summed E-state index contributed by atoms with van der Waals surface area (Å²) in [4.78, 5) is 11.9. The van der Waals surface area contributed by atoms with Gasteiger partial charge >= 0.3 is 0 Å². The lowest BCUT2D eigenvalue weighted by Gasteiger charge is -2.15. The SMILES string of the molecule is C=C.CC.CC(=O)c1c(C)cccc1COc1cccc(OCCCC2=CC=CC(C)C2)c1. The van der Waals surface area contributed by atoms with E-state index in [1.807, 2.05) is 63.2 Å². The van der Waals surface area contributed by atoms with E-state index in [0.29, 0.717) is 19.1 Å². The maximum atomic E-state index is 11.9. The average molecular weight is 449 g/mol. The number of hydrogen-bond acceptors (Lipinski definition) is 3. The van der Waals surface area contributed by atoms with Crippen LogP contribution >= 0.6 is 0 Å². The van der Waals surface area contributed by atoms with Crippen LogP contribution in [0.25, 0.3) is 0 Å². The van der Waals surface area contributed by atoms with Crippen molar-refractivity contribution < 1.29 is 14.3 Å². The van der Waals surface area contributed by atoms with Crippen molar-refractivity contribution >= 4 is 5.78 Å². The van der Waals surface area contributed by atoms with Crippen LogP contribution in [-0.2, 0) is 6.61 Å². The van der Waals surface area contributed by atoms with Gasteiger partial charge in [-0.1, -0.05) is 68.8 Å². The van der Waals surface area contributed by atoms with Gasteiger partial charge in [0.05, 0.1) is 6.61 Å². The number of rotatable bonds is 9. The summed E-state index contributed by atoms with van der Waals surface area (Å²) in [6.07, 6.45) is 9.88. The van der Waals surface area contributed by atoms with Crippen molar-refractivity contribution in [3.63, 3.8) is 0 Å². The molecular formula is C30H40O3. The van der Waals surface area contributed by atoms with Gasteiger partial charge in [0.2, 0.25) is 0 Å². The third-order valence-electron chi connectivity index (χ3n) is 5.18. The predicted molar refractivity (Wildman–Crippen MR) is 140 cm³/mol. The molecule has 1 aliphatic carbocycles. The summed E-state index contributed by atoms with van der Waals surface area (Å²) in [5.41, 5.74) is 4.14. The molecule has 33 heavy (non-hydrogen) atoms. The zero-order valence-corrected chi connectivity index (χ0v) is 21.0. The molecule has 2 aromatic rings. The Kier molecular flexibility index (Phi) is 13.3. The molecule has 0 bridgehead atoms. The third-order valence-corrected chi connectivity index (χ3v) is 5.18. The molecule has 3 heteroatoms. The number of carbonyl (C=O) groups is 1. The second kappa shape index (κ2) is 15.7. The van der Waals surface area contributed by atoms with E-state index in [2.05, 4.69) is 38.3 Å². The quantitative estimate of drug-likeness (QED) is 0.220. The lowest BCUT2D eigenvalue weighted by Crippen LogP contribution is -2.06. The number of ketones is 1. The minimum Gasteiger partial charge on any atom is -0.493 e. The zero-order chi connectivity index (χ0) is 24.6. The van der Waals surface area contributed by atoms with E-state index < -0.39 is 0 Å². The fourth-order valence-corrected chi connectivity index (χ4v) is 3.77. The molecule has 0 radical (unpaired) electrons. The predicted octanol–water partition coefficient (Wildman–Crippen LogP) is 8.29. The first-order chi connectivity index (χ1) is 16.0.